The van der Waals surface area contributed by atoms with Gasteiger partial charge >= 0.3 is 118 Å². The normalized spacial score (nSPS) is 12.1. The van der Waals surface area contributed by atoms with Crippen molar-refractivity contribution in [2.24, 2.45) is 0 Å². The number of carboxylic acids is 4. The Hall–Kier alpha value is -3.44. The second-order valence-electron chi connectivity index (χ2n) is 14.9. The molecule has 0 heterocycles. The maximum atomic E-state index is 13.4. The molecule has 0 saturated heterocycles. The number of amides is 4. The van der Waals surface area contributed by atoms with Gasteiger partial charge in [0.1, 0.15) is 0 Å². The van der Waals surface area contributed by atoms with Gasteiger partial charge in [0.05, 0.1) is 74.2 Å². The standard InChI is InChI=1S/C46H52N6O12.4Na/c53-39(47-35(43(57)58)23-31-13-5-1-6-14-31)27-51(28-40(54)48-36(44(59)60)24-32-15-7-2-8-16-32)21-22-52(29-41(55)49-37(45(61)62)25-33-17-9-3-10-18-33)30-42(56)50-38(46(63)64)26-34-19-11-4-12-20-34;;;;/h1-20,35-38H,21-30H2,(H,47,53)(H,48,54)(H,49,55)(H,50,56)(H,57,58)(H,59,60)(H,61,62)(H,63,64);;;;/q;4*+1/p-4. The zero-order valence-corrected chi connectivity index (χ0v) is 46.7. The third kappa shape index (κ3) is 24.9. The van der Waals surface area contributed by atoms with Gasteiger partial charge in [-0.2, -0.15) is 0 Å². The van der Waals surface area contributed by atoms with Crippen LogP contribution in [0, 0.1) is 0 Å². The summed E-state index contributed by atoms with van der Waals surface area (Å²) in [6.45, 7) is -3.23. The molecule has 4 aromatic rings. The molecule has 0 aliphatic heterocycles. The summed E-state index contributed by atoms with van der Waals surface area (Å²) >= 11 is 0. The number of aliphatic carboxylic acids is 4. The molecule has 4 amide bonds. The first-order chi connectivity index (χ1) is 30.6. The fourth-order valence-corrected chi connectivity index (χ4v) is 6.66. The molecule has 0 spiro atoms. The van der Waals surface area contributed by atoms with Gasteiger partial charge in [-0.1, -0.05) is 121 Å². The average Bonchev–Trinajstić information content (AvgIpc) is 3.25. The van der Waals surface area contributed by atoms with Crippen molar-refractivity contribution in [3.8, 4) is 0 Å². The summed E-state index contributed by atoms with van der Waals surface area (Å²) in [5.74, 6) is -9.88. The van der Waals surface area contributed by atoms with Gasteiger partial charge in [0, 0.05) is 13.1 Å². The third-order valence-electron chi connectivity index (χ3n) is 9.81. The van der Waals surface area contributed by atoms with E-state index in [0.29, 0.717) is 22.3 Å². The van der Waals surface area contributed by atoms with Gasteiger partial charge < -0.3 is 60.9 Å². The molecule has 4 rings (SSSR count). The number of nitrogens with zero attached hydrogens (tertiary/aromatic N) is 2. The summed E-state index contributed by atoms with van der Waals surface area (Å²) in [6.07, 6.45) is -0.578. The van der Waals surface area contributed by atoms with Crippen molar-refractivity contribution in [2.75, 3.05) is 39.3 Å². The van der Waals surface area contributed by atoms with Gasteiger partial charge in [-0.3, -0.25) is 29.0 Å². The van der Waals surface area contributed by atoms with Gasteiger partial charge in [0.25, 0.3) is 0 Å². The van der Waals surface area contributed by atoms with Crippen LogP contribution in [0.25, 0.3) is 0 Å². The Morgan fingerprint density at radius 2 is 0.515 bits per heavy atom. The smallest absolute Gasteiger partial charge is 0.548 e. The van der Waals surface area contributed by atoms with Crippen LogP contribution in [-0.4, -0.2) is 121 Å². The zero-order chi connectivity index (χ0) is 46.4. The van der Waals surface area contributed by atoms with Crippen LogP contribution in [-0.2, 0) is 64.0 Å². The molecule has 22 heteroatoms. The number of rotatable bonds is 27. The Balaban J connectivity index is 0.0000112. The summed E-state index contributed by atoms with van der Waals surface area (Å²) < 4.78 is 0. The van der Waals surface area contributed by atoms with E-state index in [4.69, 9.17) is 0 Å². The van der Waals surface area contributed by atoms with E-state index in [0.717, 1.165) is 0 Å². The van der Waals surface area contributed by atoms with Crippen LogP contribution in [0.1, 0.15) is 22.3 Å². The summed E-state index contributed by atoms with van der Waals surface area (Å²) in [4.78, 5) is 104. The Kier molecular flexibility index (Phi) is 33.0. The predicted octanol–water partition coefficient (Wildman–Crippen LogP) is -16.5. The van der Waals surface area contributed by atoms with Gasteiger partial charge in [0.15, 0.2) is 0 Å². The first-order valence-electron chi connectivity index (χ1n) is 20.3. The molecule has 4 unspecified atom stereocenters. The van der Waals surface area contributed by atoms with E-state index in [2.05, 4.69) is 21.3 Å². The van der Waals surface area contributed by atoms with Crippen LogP contribution in [0.2, 0.25) is 0 Å². The van der Waals surface area contributed by atoms with Crippen LogP contribution in [0.3, 0.4) is 0 Å². The van der Waals surface area contributed by atoms with Gasteiger partial charge in [-0.25, -0.2) is 0 Å². The molecule has 338 valence electrons. The maximum Gasteiger partial charge on any atom is 1.00 e. The maximum absolute atomic E-state index is 13.4. The van der Waals surface area contributed by atoms with E-state index in [9.17, 15) is 58.8 Å². The SMILES string of the molecule is O=C(CN(CCN(CC(=O)NC(Cc1ccccc1)C(=O)[O-])CC(=O)NC(Cc1ccccc1)C(=O)[O-])CC(=O)NC(Cc1ccccc1)C(=O)[O-])NC(Cc1ccccc1)C(=O)[O-].[Na+].[Na+].[Na+].[Na+]. The van der Waals surface area contributed by atoms with Gasteiger partial charge in [0.2, 0.25) is 23.6 Å². The largest absolute Gasteiger partial charge is 1.00 e. The van der Waals surface area contributed by atoms with Crippen LogP contribution >= 0.6 is 0 Å². The Morgan fingerprint density at radius 1 is 0.338 bits per heavy atom. The molecular weight excluding hydrogens is 920 g/mol. The Morgan fingerprint density at radius 3 is 0.676 bits per heavy atom. The molecule has 0 saturated carbocycles. The number of carbonyl (C=O) groups excluding carboxylic acids is 8. The number of nitrogens with one attached hydrogen (secondary N) is 4. The fraction of sp³-hybridized carbons (Fsp3) is 0.304. The molecule has 18 nitrogen and oxygen atoms in total. The van der Waals surface area contributed by atoms with Crippen molar-refractivity contribution < 1.29 is 177 Å². The monoisotopic (exact) mass is 968 g/mol. The van der Waals surface area contributed by atoms with E-state index in [1.165, 1.54) is 9.80 Å². The van der Waals surface area contributed by atoms with Crippen molar-refractivity contribution in [2.45, 2.75) is 49.9 Å². The molecule has 0 aliphatic rings. The first-order valence-corrected chi connectivity index (χ1v) is 20.3. The summed E-state index contributed by atoms with van der Waals surface area (Å²) in [6, 6.07) is 27.5. The first kappa shape index (κ1) is 64.6. The minimum Gasteiger partial charge on any atom is -0.548 e. The molecule has 0 aliphatic carbocycles. The van der Waals surface area contributed by atoms with E-state index >= 15 is 0 Å². The molecule has 0 fully saturated rings. The molecule has 4 N–H and O–H groups in total. The fourth-order valence-electron chi connectivity index (χ4n) is 6.66. The number of benzene rings is 4. The van der Waals surface area contributed by atoms with Gasteiger partial charge in [-0.05, 0) is 47.9 Å². The number of carbonyl (C=O) groups is 8. The van der Waals surface area contributed by atoms with Crippen molar-refractivity contribution >= 4 is 47.5 Å². The van der Waals surface area contributed by atoms with Crippen LogP contribution in [0.4, 0.5) is 0 Å². The third-order valence-corrected chi connectivity index (χ3v) is 9.81. The van der Waals surface area contributed by atoms with Crippen molar-refractivity contribution in [1.82, 2.24) is 31.1 Å². The summed E-state index contributed by atoms with van der Waals surface area (Å²) in [5.41, 5.74) is 2.28. The average molecular weight is 969 g/mol. The minimum absolute atomic E-state index is 0. The number of hydrogen-bond donors (Lipinski definition) is 4. The quantitative estimate of drug-likeness (QED) is 0.0404. The zero-order valence-electron chi connectivity index (χ0n) is 38.7. The molecule has 0 aromatic heterocycles. The molecular formula is C46H48N6Na4O12. The van der Waals surface area contributed by atoms with E-state index in [-0.39, 0.29) is 157 Å². The molecule has 68 heavy (non-hydrogen) atoms. The summed E-state index contributed by atoms with van der Waals surface area (Å²) in [7, 11) is 0. The second kappa shape index (κ2) is 34.8. The Bertz CT molecular complexity index is 1900. The molecule has 0 bridgehead atoms. The van der Waals surface area contributed by atoms with Gasteiger partial charge in [-0.15, -0.1) is 0 Å². The predicted molar refractivity (Wildman–Crippen MR) is 221 cm³/mol. The van der Waals surface area contributed by atoms with E-state index < -0.39 is 97.9 Å². The summed E-state index contributed by atoms with van der Waals surface area (Å²) in [5, 5.41) is 57.8. The van der Waals surface area contributed by atoms with Crippen LogP contribution in [0.15, 0.2) is 121 Å². The van der Waals surface area contributed by atoms with Crippen molar-refractivity contribution in [3.05, 3.63) is 144 Å². The van der Waals surface area contributed by atoms with E-state index in [1.807, 2.05) is 0 Å². The van der Waals surface area contributed by atoms with E-state index in [1.54, 1.807) is 121 Å². The topological polar surface area (TPSA) is 283 Å². The molecule has 4 atom stereocenters. The minimum atomic E-state index is -1.59. The van der Waals surface area contributed by atoms with Crippen molar-refractivity contribution in [3.63, 3.8) is 0 Å². The Labute approximate surface area is 482 Å². The van der Waals surface area contributed by atoms with Crippen LogP contribution < -0.4 is 160 Å². The van der Waals surface area contributed by atoms with Crippen molar-refractivity contribution in [1.29, 1.82) is 0 Å². The van der Waals surface area contributed by atoms with Crippen LogP contribution in [0.5, 0.6) is 0 Å². The molecule has 0 radical (unpaired) electrons. The number of carboxylic acid groups (broad SMARTS) is 4. The number of hydrogen-bond acceptors (Lipinski definition) is 14. The second-order valence-corrected chi connectivity index (χ2v) is 14.9. The molecule has 4 aromatic carbocycles.